The van der Waals surface area contributed by atoms with Gasteiger partial charge in [0, 0.05) is 17.9 Å². The third-order valence-corrected chi connectivity index (χ3v) is 6.37. The Labute approximate surface area is 234 Å². The molecule has 0 bridgehead atoms. The van der Waals surface area contributed by atoms with E-state index in [1.165, 1.54) is 11.8 Å². The first-order chi connectivity index (χ1) is 17.8. The second-order valence-electron chi connectivity index (χ2n) is 8.12. The van der Waals surface area contributed by atoms with Crippen LogP contribution in [-0.2, 0) is 34.4 Å². The van der Waals surface area contributed by atoms with Crippen LogP contribution in [0.25, 0.3) is 0 Å². The summed E-state index contributed by atoms with van der Waals surface area (Å²) in [5.41, 5.74) is 7.43. The lowest BCUT2D eigenvalue weighted by molar-refractivity contribution is -0.147. The molecule has 2 aromatic rings. The van der Waals surface area contributed by atoms with E-state index in [-0.39, 0.29) is 44.2 Å². The van der Waals surface area contributed by atoms with Crippen molar-refractivity contribution in [2.45, 2.75) is 50.6 Å². The average molecular weight is 566 g/mol. The Hall–Kier alpha value is -3.08. The van der Waals surface area contributed by atoms with E-state index in [0.29, 0.717) is 11.3 Å². The number of hydrogen-bond donors (Lipinski definition) is 3. The summed E-state index contributed by atoms with van der Waals surface area (Å²) in [4.78, 5) is 50.3. The van der Waals surface area contributed by atoms with E-state index >= 15 is 0 Å². The molecule has 4 N–H and O–H groups in total. The summed E-state index contributed by atoms with van der Waals surface area (Å²) < 4.78 is 10.0. The number of nitrogens with one attached hydrogen (secondary N) is 2. The average Bonchev–Trinajstić information content (AvgIpc) is 2.91. The smallest absolute Gasteiger partial charge is 0.333 e. The molecule has 0 spiro atoms. The highest BCUT2D eigenvalue weighted by Gasteiger charge is 2.29. The summed E-state index contributed by atoms with van der Waals surface area (Å²) in [6, 6.07) is 15.6. The fourth-order valence-electron chi connectivity index (χ4n) is 3.36. The molecule has 0 fully saturated rings. The van der Waals surface area contributed by atoms with Crippen molar-refractivity contribution >= 4 is 47.9 Å². The first-order valence-electron chi connectivity index (χ1n) is 12.2. The molecule has 0 aliphatic carbocycles. The molecule has 208 valence electrons. The summed E-state index contributed by atoms with van der Waals surface area (Å²) in [5.74, 6) is -1.24. The maximum atomic E-state index is 13.3. The molecule has 11 heteroatoms. The van der Waals surface area contributed by atoms with Crippen LogP contribution in [0.5, 0.6) is 0 Å². The Bertz CT molecular complexity index is 1010. The molecule has 0 aliphatic rings. The van der Waals surface area contributed by atoms with Crippen molar-refractivity contribution in [2.75, 3.05) is 19.0 Å². The van der Waals surface area contributed by atoms with Crippen LogP contribution in [0, 0.1) is 0 Å². The maximum absolute atomic E-state index is 13.3. The van der Waals surface area contributed by atoms with E-state index in [1.807, 2.05) is 30.3 Å². The Kier molecular flexibility index (Phi) is 15.8. The van der Waals surface area contributed by atoms with Crippen molar-refractivity contribution in [3.63, 3.8) is 0 Å². The Morgan fingerprint density at radius 1 is 0.868 bits per heavy atom. The lowest BCUT2D eigenvalue weighted by Gasteiger charge is -2.23. The molecular formula is C27H36ClN3O6S. The van der Waals surface area contributed by atoms with Gasteiger partial charge < -0.3 is 25.8 Å². The van der Waals surface area contributed by atoms with Crippen molar-refractivity contribution < 1.29 is 28.7 Å². The highest BCUT2D eigenvalue weighted by Crippen LogP contribution is 2.17. The molecule has 2 aromatic carbocycles. The van der Waals surface area contributed by atoms with Crippen LogP contribution in [0.2, 0.25) is 0 Å². The van der Waals surface area contributed by atoms with Crippen molar-refractivity contribution in [1.29, 1.82) is 0 Å². The number of amides is 2. The topological polar surface area (TPSA) is 137 Å². The fraction of sp³-hybridized carbons (Fsp3) is 0.407. The highest BCUT2D eigenvalue weighted by molar-refractivity contribution is 7.98. The minimum Gasteiger partial charge on any atom is -0.465 e. The van der Waals surface area contributed by atoms with E-state index in [1.54, 1.807) is 44.2 Å². The van der Waals surface area contributed by atoms with Gasteiger partial charge in [0.25, 0.3) is 0 Å². The summed E-state index contributed by atoms with van der Waals surface area (Å²) in [6.07, 6.45) is 0.0126. The van der Waals surface area contributed by atoms with Gasteiger partial charge in [-0.1, -0.05) is 60.7 Å². The molecule has 2 amide bonds. The van der Waals surface area contributed by atoms with Crippen LogP contribution in [0.15, 0.2) is 60.7 Å². The first-order valence-corrected chi connectivity index (χ1v) is 13.4. The maximum Gasteiger partial charge on any atom is 0.333 e. The van der Waals surface area contributed by atoms with Crippen molar-refractivity contribution in [2.24, 2.45) is 5.73 Å². The summed E-state index contributed by atoms with van der Waals surface area (Å²) >= 11 is 1.47. The summed E-state index contributed by atoms with van der Waals surface area (Å²) in [6.45, 7) is 3.72. The molecule has 2 rings (SSSR count). The molecule has 0 aromatic heterocycles. The van der Waals surface area contributed by atoms with Gasteiger partial charge in [-0.05, 0) is 31.4 Å². The largest absolute Gasteiger partial charge is 0.465 e. The monoisotopic (exact) mass is 565 g/mol. The van der Waals surface area contributed by atoms with Gasteiger partial charge in [0.15, 0.2) is 6.04 Å². The Morgan fingerprint density at radius 3 is 2.05 bits per heavy atom. The molecule has 38 heavy (non-hydrogen) atoms. The molecule has 0 unspecified atom stereocenters. The lowest BCUT2D eigenvalue weighted by atomic mass is 10.1. The number of thioether (sulfide) groups is 1. The van der Waals surface area contributed by atoms with Gasteiger partial charge in [0.1, 0.15) is 12.1 Å². The van der Waals surface area contributed by atoms with Gasteiger partial charge in [-0.2, -0.15) is 11.8 Å². The van der Waals surface area contributed by atoms with Crippen LogP contribution in [0.4, 0.5) is 0 Å². The van der Waals surface area contributed by atoms with E-state index in [0.717, 1.165) is 5.56 Å². The number of carbonyl (C=O) groups is 4. The summed E-state index contributed by atoms with van der Waals surface area (Å²) in [5, 5.41) is 5.46. The van der Waals surface area contributed by atoms with Crippen LogP contribution in [0.1, 0.15) is 43.9 Å². The zero-order chi connectivity index (χ0) is 27.0. The predicted octanol–water partition coefficient (Wildman–Crippen LogP) is 2.92. The number of ether oxygens (including phenoxy) is 2. The molecular weight excluding hydrogens is 530 g/mol. The third-order valence-electron chi connectivity index (χ3n) is 5.26. The van der Waals surface area contributed by atoms with Crippen LogP contribution >= 0.6 is 24.2 Å². The zero-order valence-corrected chi connectivity index (χ0v) is 23.2. The lowest BCUT2D eigenvalue weighted by Crippen LogP contribution is -2.50. The second kappa shape index (κ2) is 18.2. The normalized spacial score (nSPS) is 12.7. The molecule has 3 atom stereocenters. The molecule has 9 nitrogen and oxygen atoms in total. The molecule has 0 saturated heterocycles. The minimum absolute atomic E-state index is 0. The van der Waals surface area contributed by atoms with Gasteiger partial charge >= 0.3 is 11.9 Å². The van der Waals surface area contributed by atoms with Gasteiger partial charge in [0.05, 0.1) is 13.2 Å². The second-order valence-corrected chi connectivity index (χ2v) is 9.15. The number of halogens is 1. The van der Waals surface area contributed by atoms with Crippen molar-refractivity contribution in [3.8, 4) is 0 Å². The molecule has 0 radical (unpaired) electrons. The molecule has 0 aliphatic heterocycles. The number of esters is 2. The highest BCUT2D eigenvalue weighted by atomic mass is 35.5. The van der Waals surface area contributed by atoms with Gasteiger partial charge in [0.2, 0.25) is 11.8 Å². The SMILES string of the molecule is CCOC(=O)[C@H](N)CCC(=O)N[C@@H](CSCc1ccccc1)C(=O)N[C@@H](C(=O)OCC)c1ccccc1.Cl. The first kappa shape index (κ1) is 32.9. The van der Waals surface area contributed by atoms with Gasteiger partial charge in [-0.25, -0.2) is 4.79 Å². The molecule has 0 heterocycles. The van der Waals surface area contributed by atoms with Crippen LogP contribution < -0.4 is 16.4 Å². The number of benzene rings is 2. The zero-order valence-electron chi connectivity index (χ0n) is 21.6. The van der Waals surface area contributed by atoms with E-state index in [4.69, 9.17) is 15.2 Å². The van der Waals surface area contributed by atoms with Crippen molar-refractivity contribution in [1.82, 2.24) is 10.6 Å². The molecule has 0 saturated carbocycles. The number of nitrogens with two attached hydrogens (primary N) is 1. The third kappa shape index (κ3) is 11.5. The van der Waals surface area contributed by atoms with E-state index in [2.05, 4.69) is 10.6 Å². The number of rotatable bonds is 15. The van der Waals surface area contributed by atoms with Crippen LogP contribution in [0.3, 0.4) is 0 Å². The standard InChI is InChI=1S/C27H35N3O6S.ClH/c1-3-35-26(33)21(28)15-16-23(31)29-22(18-37-17-19-11-7-5-8-12-19)25(32)30-24(27(34)36-4-2)20-13-9-6-10-14-20;/h5-14,21-22,24H,3-4,15-18,28H2,1-2H3,(H,29,31)(H,30,32);1H/t21-,22+,24-;/m1./s1. The Morgan fingerprint density at radius 2 is 1.45 bits per heavy atom. The van der Waals surface area contributed by atoms with Crippen LogP contribution in [-0.4, -0.2) is 54.8 Å². The minimum atomic E-state index is -1.02. The number of carbonyl (C=O) groups excluding carboxylic acids is 4. The van der Waals surface area contributed by atoms with Gasteiger partial charge in [-0.3, -0.25) is 14.4 Å². The fourth-order valence-corrected chi connectivity index (χ4v) is 4.38. The quantitative estimate of drug-likeness (QED) is 0.280. The summed E-state index contributed by atoms with van der Waals surface area (Å²) in [7, 11) is 0. The number of hydrogen-bond acceptors (Lipinski definition) is 8. The van der Waals surface area contributed by atoms with Crippen molar-refractivity contribution in [3.05, 3.63) is 71.8 Å². The van der Waals surface area contributed by atoms with Gasteiger partial charge in [-0.15, -0.1) is 12.4 Å². The van der Waals surface area contributed by atoms with E-state index < -0.39 is 41.9 Å². The predicted molar refractivity (Wildman–Crippen MR) is 150 cm³/mol. The Balaban J connectivity index is 0.00000722. The van der Waals surface area contributed by atoms with E-state index in [9.17, 15) is 19.2 Å².